The first-order chi connectivity index (χ1) is 23.3. The van der Waals surface area contributed by atoms with Gasteiger partial charge in [0.25, 0.3) is 0 Å². The maximum absolute atomic E-state index is 14.9. The Kier molecular flexibility index (Phi) is 8.71. The summed E-state index contributed by atoms with van der Waals surface area (Å²) in [6, 6.07) is 19.5. The molecule has 0 N–H and O–H groups in total. The molecule has 250 valence electrons. The molecule has 48 heavy (non-hydrogen) atoms. The van der Waals surface area contributed by atoms with Crippen molar-refractivity contribution in [2.24, 2.45) is 0 Å². The van der Waals surface area contributed by atoms with Crippen LogP contribution in [0.4, 0.5) is 20.2 Å². The van der Waals surface area contributed by atoms with Gasteiger partial charge in [-0.1, -0.05) is 6.07 Å². The number of imidazole rings is 1. The number of benzene rings is 3. The van der Waals surface area contributed by atoms with Crippen molar-refractivity contribution in [3.8, 4) is 11.4 Å². The van der Waals surface area contributed by atoms with Crippen molar-refractivity contribution in [1.82, 2.24) is 23.9 Å². The second kappa shape index (κ2) is 13.2. The maximum atomic E-state index is 14.9. The lowest BCUT2D eigenvalue weighted by Crippen LogP contribution is -2.46. The standard InChI is InChI=1S/C35H37F2N7O4/c1-25(2)43-17-18-44(34(43)45)29-6-4-27(5-7-29)40-13-15-41(16-14-40)28-8-10-30(11-9-28)46-20-33-47-22-35(48-33,21-42-24-38-23-39-42)31-12-3-26(36)19-32(31)37/h3-12,17-19,23-25,33H,13-16,20-22H2,1-2H3. The second-order valence-electron chi connectivity index (χ2n) is 12.3. The molecule has 0 aliphatic carbocycles. The fourth-order valence-electron chi connectivity index (χ4n) is 6.32. The van der Waals surface area contributed by atoms with Gasteiger partial charge in [0.05, 0.1) is 18.8 Å². The minimum Gasteiger partial charge on any atom is -0.488 e. The number of ether oxygens (including phenoxy) is 3. The number of hydrogen-bond acceptors (Lipinski definition) is 8. The van der Waals surface area contributed by atoms with Crippen LogP contribution in [0, 0.1) is 11.6 Å². The summed E-state index contributed by atoms with van der Waals surface area (Å²) in [5, 5.41) is 4.13. The summed E-state index contributed by atoms with van der Waals surface area (Å²) in [6.45, 7) is 7.68. The Morgan fingerprint density at radius 1 is 0.917 bits per heavy atom. The molecule has 5 aromatic rings. The fourth-order valence-corrected chi connectivity index (χ4v) is 6.32. The van der Waals surface area contributed by atoms with Crippen LogP contribution in [-0.2, 0) is 21.6 Å². The summed E-state index contributed by atoms with van der Waals surface area (Å²) in [4.78, 5) is 21.3. The molecular formula is C35H37F2N7O4. The molecule has 0 saturated carbocycles. The Morgan fingerprint density at radius 2 is 1.58 bits per heavy atom. The SMILES string of the molecule is CC(C)n1ccn(-c2ccc(N3CCN(c4ccc(OCC5OCC(Cn6cncn6)(c6ccc(F)cc6F)O5)cc4)CC3)cc2)c1=O. The monoisotopic (exact) mass is 657 g/mol. The average molecular weight is 658 g/mol. The Bertz CT molecular complexity index is 1890. The van der Waals surface area contributed by atoms with Crippen molar-refractivity contribution in [3.63, 3.8) is 0 Å². The van der Waals surface area contributed by atoms with Crippen LogP contribution in [0.15, 0.2) is 96.6 Å². The summed E-state index contributed by atoms with van der Waals surface area (Å²) in [6.07, 6.45) is 5.75. The van der Waals surface area contributed by atoms with E-state index in [1.807, 2.05) is 62.6 Å². The predicted octanol–water partition coefficient (Wildman–Crippen LogP) is 4.76. The minimum atomic E-state index is -1.23. The van der Waals surface area contributed by atoms with Crippen LogP contribution in [0.25, 0.3) is 5.69 Å². The van der Waals surface area contributed by atoms with Crippen LogP contribution in [0.1, 0.15) is 25.5 Å². The molecule has 7 rings (SSSR count). The van der Waals surface area contributed by atoms with Crippen LogP contribution in [0.2, 0.25) is 0 Å². The van der Waals surface area contributed by atoms with Crippen molar-refractivity contribution < 1.29 is 23.0 Å². The fraction of sp³-hybridized carbons (Fsp3) is 0.343. The molecular weight excluding hydrogens is 620 g/mol. The zero-order valence-corrected chi connectivity index (χ0v) is 26.8. The van der Waals surface area contributed by atoms with Gasteiger partial charge in [-0.25, -0.2) is 23.2 Å². The minimum absolute atomic E-state index is 0.0327. The maximum Gasteiger partial charge on any atom is 0.332 e. The van der Waals surface area contributed by atoms with E-state index < -0.39 is 23.5 Å². The van der Waals surface area contributed by atoms with E-state index in [0.717, 1.165) is 49.3 Å². The molecule has 3 aromatic carbocycles. The van der Waals surface area contributed by atoms with Crippen LogP contribution in [0.5, 0.6) is 5.75 Å². The summed E-state index contributed by atoms with van der Waals surface area (Å²) < 4.78 is 51.6. The molecule has 2 unspecified atom stereocenters. The second-order valence-corrected chi connectivity index (χ2v) is 12.3. The van der Waals surface area contributed by atoms with Gasteiger partial charge >= 0.3 is 5.69 Å². The van der Waals surface area contributed by atoms with E-state index in [2.05, 4.69) is 32.0 Å². The van der Waals surface area contributed by atoms with Gasteiger partial charge in [-0.15, -0.1) is 0 Å². The topological polar surface area (TPSA) is 91.8 Å². The van der Waals surface area contributed by atoms with Crippen LogP contribution >= 0.6 is 0 Å². The average Bonchev–Trinajstić information content (AvgIpc) is 3.85. The zero-order valence-electron chi connectivity index (χ0n) is 26.8. The largest absolute Gasteiger partial charge is 0.488 e. The number of rotatable bonds is 10. The quantitative estimate of drug-likeness (QED) is 0.212. The van der Waals surface area contributed by atoms with Gasteiger partial charge in [-0.2, -0.15) is 5.10 Å². The predicted molar refractivity (Wildman–Crippen MR) is 176 cm³/mol. The highest BCUT2D eigenvalue weighted by atomic mass is 19.1. The Morgan fingerprint density at radius 3 is 2.19 bits per heavy atom. The normalized spacial score (nSPS) is 19.7. The first kappa shape index (κ1) is 31.6. The summed E-state index contributed by atoms with van der Waals surface area (Å²) in [7, 11) is 0. The molecule has 13 heteroatoms. The molecule has 11 nitrogen and oxygen atoms in total. The molecule has 2 saturated heterocycles. The van der Waals surface area contributed by atoms with Gasteiger partial charge in [0, 0.05) is 67.6 Å². The number of nitrogens with zero attached hydrogens (tertiary/aromatic N) is 7. The summed E-state index contributed by atoms with van der Waals surface area (Å²) >= 11 is 0. The van der Waals surface area contributed by atoms with E-state index in [1.165, 1.54) is 29.5 Å². The number of halogens is 2. The van der Waals surface area contributed by atoms with Crippen LogP contribution in [-0.4, -0.2) is 69.6 Å². The summed E-state index contributed by atoms with van der Waals surface area (Å²) in [5.41, 5.74) is 1.98. The third kappa shape index (κ3) is 6.43. The molecule has 2 fully saturated rings. The van der Waals surface area contributed by atoms with Crippen molar-refractivity contribution in [3.05, 3.63) is 119 Å². The molecule has 2 aliphatic heterocycles. The lowest BCUT2D eigenvalue weighted by atomic mass is 9.94. The van der Waals surface area contributed by atoms with Gasteiger partial charge < -0.3 is 24.0 Å². The Balaban J connectivity index is 0.929. The lowest BCUT2D eigenvalue weighted by Gasteiger charge is -2.37. The molecule has 0 bridgehead atoms. The molecule has 4 heterocycles. The lowest BCUT2D eigenvalue weighted by molar-refractivity contribution is -0.117. The third-order valence-corrected chi connectivity index (χ3v) is 8.89. The van der Waals surface area contributed by atoms with E-state index >= 15 is 0 Å². The number of hydrogen-bond donors (Lipinski definition) is 0. The highest BCUT2D eigenvalue weighted by molar-refractivity contribution is 5.54. The van der Waals surface area contributed by atoms with Crippen LogP contribution in [0.3, 0.4) is 0 Å². The van der Waals surface area contributed by atoms with E-state index in [0.29, 0.717) is 5.75 Å². The zero-order chi connectivity index (χ0) is 33.3. The van der Waals surface area contributed by atoms with Gasteiger partial charge in [-0.3, -0.25) is 9.13 Å². The smallest absolute Gasteiger partial charge is 0.332 e. The Labute approximate surface area is 276 Å². The third-order valence-electron chi connectivity index (χ3n) is 8.89. The van der Waals surface area contributed by atoms with E-state index in [1.54, 1.807) is 9.13 Å². The summed E-state index contributed by atoms with van der Waals surface area (Å²) in [5.74, 6) is -0.745. The molecule has 0 spiro atoms. The van der Waals surface area contributed by atoms with Crippen molar-refractivity contribution >= 4 is 11.4 Å². The number of aromatic nitrogens is 5. The number of anilines is 2. The van der Waals surface area contributed by atoms with Crippen molar-refractivity contribution in [2.75, 3.05) is 49.2 Å². The highest BCUT2D eigenvalue weighted by Gasteiger charge is 2.45. The van der Waals surface area contributed by atoms with Gasteiger partial charge in [0.2, 0.25) is 0 Å². The van der Waals surface area contributed by atoms with E-state index in [4.69, 9.17) is 14.2 Å². The van der Waals surface area contributed by atoms with E-state index in [9.17, 15) is 13.6 Å². The van der Waals surface area contributed by atoms with Gasteiger partial charge in [0.15, 0.2) is 6.29 Å². The van der Waals surface area contributed by atoms with Crippen LogP contribution < -0.4 is 20.2 Å². The van der Waals surface area contributed by atoms with Crippen molar-refractivity contribution in [2.45, 2.75) is 38.3 Å². The molecule has 2 aromatic heterocycles. The Hall–Kier alpha value is -5.01. The number of piperazine rings is 1. The molecule has 0 amide bonds. The van der Waals surface area contributed by atoms with Gasteiger partial charge in [-0.05, 0) is 68.4 Å². The highest BCUT2D eigenvalue weighted by Crippen LogP contribution is 2.37. The van der Waals surface area contributed by atoms with E-state index in [-0.39, 0.29) is 37.1 Å². The first-order valence-corrected chi connectivity index (χ1v) is 16.0. The molecule has 2 atom stereocenters. The molecule has 0 radical (unpaired) electrons. The first-order valence-electron chi connectivity index (χ1n) is 16.0. The molecule has 2 aliphatic rings. The van der Waals surface area contributed by atoms with Crippen molar-refractivity contribution in [1.29, 1.82) is 0 Å². The van der Waals surface area contributed by atoms with Gasteiger partial charge in [0.1, 0.15) is 42.2 Å².